The number of hydrogen-bond donors (Lipinski definition) is 2. The summed E-state index contributed by atoms with van der Waals surface area (Å²) in [6, 6.07) is 19.4. The van der Waals surface area contributed by atoms with Crippen LogP contribution < -0.4 is 15.4 Å². The highest BCUT2D eigenvalue weighted by Gasteiger charge is 2.17. The maximum atomic E-state index is 12.5. The van der Waals surface area contributed by atoms with Crippen molar-refractivity contribution in [2.45, 2.75) is 26.2 Å². The first-order valence-corrected chi connectivity index (χ1v) is 9.75. The molecule has 0 fully saturated rings. The van der Waals surface area contributed by atoms with Crippen molar-refractivity contribution in [1.82, 2.24) is 5.32 Å². The number of carbonyl (C=O) groups is 2. The lowest BCUT2D eigenvalue weighted by Gasteiger charge is -2.14. The van der Waals surface area contributed by atoms with E-state index in [0.29, 0.717) is 0 Å². The van der Waals surface area contributed by atoms with Crippen LogP contribution in [0.1, 0.15) is 30.9 Å². The SMILES string of the molecule is CCc1ccccc1NC(=O)CNC(=O)[C@@H](C)c1ccc2cc(OC)ccc2c1. The van der Waals surface area contributed by atoms with Crippen LogP contribution in [0.3, 0.4) is 0 Å². The number of methoxy groups -OCH3 is 1. The molecule has 0 heterocycles. The first-order valence-electron chi connectivity index (χ1n) is 9.75. The minimum Gasteiger partial charge on any atom is -0.497 e. The summed E-state index contributed by atoms with van der Waals surface area (Å²) in [5.74, 6) is 0.0118. The van der Waals surface area contributed by atoms with Crippen molar-refractivity contribution in [3.63, 3.8) is 0 Å². The maximum Gasteiger partial charge on any atom is 0.243 e. The number of amides is 2. The molecule has 5 heteroatoms. The van der Waals surface area contributed by atoms with Gasteiger partial charge in [0.05, 0.1) is 19.6 Å². The summed E-state index contributed by atoms with van der Waals surface area (Å²) in [5, 5.41) is 7.69. The summed E-state index contributed by atoms with van der Waals surface area (Å²) in [6.07, 6.45) is 0.827. The Bertz CT molecular complexity index is 1030. The highest BCUT2D eigenvalue weighted by Crippen LogP contribution is 2.25. The van der Waals surface area contributed by atoms with E-state index in [1.807, 2.05) is 74.5 Å². The lowest BCUT2D eigenvalue weighted by Crippen LogP contribution is -2.35. The third-order valence-corrected chi connectivity index (χ3v) is 5.06. The molecule has 0 aliphatic rings. The average Bonchev–Trinajstić information content (AvgIpc) is 2.76. The number of nitrogens with one attached hydrogen (secondary N) is 2. The zero-order valence-electron chi connectivity index (χ0n) is 17.0. The minimum absolute atomic E-state index is 0.0635. The molecular weight excluding hydrogens is 364 g/mol. The number of para-hydroxylation sites is 1. The van der Waals surface area contributed by atoms with Crippen LogP contribution in [0.25, 0.3) is 10.8 Å². The fourth-order valence-electron chi connectivity index (χ4n) is 3.26. The Labute approximate surface area is 171 Å². The Morgan fingerprint density at radius 3 is 2.48 bits per heavy atom. The number of fused-ring (bicyclic) bond motifs is 1. The topological polar surface area (TPSA) is 67.4 Å². The molecule has 0 bridgehead atoms. The van der Waals surface area contributed by atoms with Gasteiger partial charge in [-0.1, -0.05) is 49.4 Å². The Kier molecular flexibility index (Phi) is 6.50. The molecule has 3 aromatic carbocycles. The van der Waals surface area contributed by atoms with Crippen LogP contribution in [-0.2, 0) is 16.0 Å². The molecule has 0 aromatic heterocycles. The van der Waals surface area contributed by atoms with E-state index in [2.05, 4.69) is 10.6 Å². The van der Waals surface area contributed by atoms with Crippen LogP contribution in [0.4, 0.5) is 5.69 Å². The zero-order chi connectivity index (χ0) is 20.8. The van der Waals surface area contributed by atoms with E-state index in [9.17, 15) is 9.59 Å². The van der Waals surface area contributed by atoms with E-state index < -0.39 is 0 Å². The molecule has 150 valence electrons. The van der Waals surface area contributed by atoms with Crippen molar-refractivity contribution in [3.8, 4) is 5.75 Å². The lowest BCUT2D eigenvalue weighted by atomic mass is 9.97. The van der Waals surface area contributed by atoms with Gasteiger partial charge in [-0.05, 0) is 53.4 Å². The second kappa shape index (κ2) is 9.24. The summed E-state index contributed by atoms with van der Waals surface area (Å²) in [4.78, 5) is 24.8. The fourth-order valence-corrected chi connectivity index (χ4v) is 3.26. The number of ether oxygens (including phenoxy) is 1. The third-order valence-electron chi connectivity index (χ3n) is 5.06. The summed E-state index contributed by atoms with van der Waals surface area (Å²) in [6.45, 7) is 3.81. The van der Waals surface area contributed by atoms with Crippen LogP contribution in [0.5, 0.6) is 5.75 Å². The Balaban J connectivity index is 1.61. The molecule has 2 amide bonds. The first-order chi connectivity index (χ1) is 14.0. The van der Waals surface area contributed by atoms with Gasteiger partial charge in [-0.15, -0.1) is 0 Å². The highest BCUT2D eigenvalue weighted by molar-refractivity contribution is 5.96. The largest absolute Gasteiger partial charge is 0.497 e. The smallest absolute Gasteiger partial charge is 0.243 e. The molecule has 3 aromatic rings. The number of hydrogen-bond acceptors (Lipinski definition) is 3. The summed E-state index contributed by atoms with van der Waals surface area (Å²) < 4.78 is 5.25. The molecule has 0 saturated heterocycles. The molecule has 1 atom stereocenters. The predicted octanol–water partition coefficient (Wildman–Crippen LogP) is 4.27. The summed E-state index contributed by atoms with van der Waals surface area (Å²) >= 11 is 0. The van der Waals surface area contributed by atoms with Crippen LogP contribution >= 0.6 is 0 Å². The van der Waals surface area contributed by atoms with Crippen molar-refractivity contribution in [2.75, 3.05) is 19.0 Å². The monoisotopic (exact) mass is 390 g/mol. The first kappa shape index (κ1) is 20.4. The third kappa shape index (κ3) is 4.93. The van der Waals surface area contributed by atoms with E-state index in [0.717, 1.165) is 39.8 Å². The van der Waals surface area contributed by atoms with Crippen molar-refractivity contribution in [2.24, 2.45) is 0 Å². The maximum absolute atomic E-state index is 12.5. The fraction of sp³-hybridized carbons (Fsp3) is 0.250. The molecule has 29 heavy (non-hydrogen) atoms. The summed E-state index contributed by atoms with van der Waals surface area (Å²) in [7, 11) is 1.64. The molecule has 5 nitrogen and oxygen atoms in total. The molecule has 0 aliphatic carbocycles. The number of rotatable bonds is 7. The van der Waals surface area contributed by atoms with E-state index in [1.54, 1.807) is 7.11 Å². The van der Waals surface area contributed by atoms with Gasteiger partial charge in [0.2, 0.25) is 11.8 Å². The van der Waals surface area contributed by atoms with Gasteiger partial charge in [0.1, 0.15) is 5.75 Å². The molecule has 0 radical (unpaired) electrons. The minimum atomic E-state index is -0.364. The van der Waals surface area contributed by atoms with Crippen LogP contribution in [0.2, 0.25) is 0 Å². The van der Waals surface area contributed by atoms with Crippen LogP contribution in [-0.4, -0.2) is 25.5 Å². The van der Waals surface area contributed by atoms with Gasteiger partial charge in [-0.25, -0.2) is 0 Å². The molecular formula is C24H26N2O3. The van der Waals surface area contributed by atoms with E-state index in [1.165, 1.54) is 0 Å². The highest BCUT2D eigenvalue weighted by atomic mass is 16.5. The number of benzene rings is 3. The zero-order valence-corrected chi connectivity index (χ0v) is 17.0. The van der Waals surface area contributed by atoms with Gasteiger partial charge in [0.15, 0.2) is 0 Å². The molecule has 2 N–H and O–H groups in total. The Hall–Kier alpha value is -3.34. The molecule has 0 aliphatic heterocycles. The molecule has 0 saturated carbocycles. The normalized spacial score (nSPS) is 11.7. The standard InChI is InChI=1S/C24H26N2O3/c1-4-17-7-5-6-8-22(17)26-23(27)15-25-24(28)16(2)18-9-10-20-14-21(29-3)12-11-19(20)13-18/h5-14,16H,4,15H2,1-3H3,(H,25,28)(H,26,27)/t16-/m0/s1. The van der Waals surface area contributed by atoms with Crippen LogP contribution in [0, 0.1) is 0 Å². The number of carbonyl (C=O) groups excluding carboxylic acids is 2. The second-order valence-corrected chi connectivity index (χ2v) is 6.97. The number of aryl methyl sites for hydroxylation is 1. The Morgan fingerprint density at radius 1 is 1.00 bits per heavy atom. The molecule has 0 unspecified atom stereocenters. The second-order valence-electron chi connectivity index (χ2n) is 6.97. The Morgan fingerprint density at radius 2 is 1.72 bits per heavy atom. The van der Waals surface area contributed by atoms with Crippen molar-refractivity contribution < 1.29 is 14.3 Å². The van der Waals surface area contributed by atoms with E-state index in [4.69, 9.17) is 4.74 Å². The summed E-state index contributed by atoms with van der Waals surface area (Å²) in [5.41, 5.74) is 2.75. The molecule has 3 rings (SSSR count). The van der Waals surface area contributed by atoms with Crippen molar-refractivity contribution >= 4 is 28.3 Å². The predicted molar refractivity (Wildman–Crippen MR) is 116 cm³/mol. The quantitative estimate of drug-likeness (QED) is 0.633. The van der Waals surface area contributed by atoms with Crippen molar-refractivity contribution in [1.29, 1.82) is 0 Å². The molecule has 0 spiro atoms. The number of anilines is 1. The van der Waals surface area contributed by atoms with Crippen LogP contribution in [0.15, 0.2) is 60.7 Å². The van der Waals surface area contributed by atoms with Gasteiger partial charge in [0.25, 0.3) is 0 Å². The average molecular weight is 390 g/mol. The van der Waals surface area contributed by atoms with Gasteiger partial charge in [0, 0.05) is 5.69 Å². The lowest BCUT2D eigenvalue weighted by molar-refractivity contribution is -0.125. The van der Waals surface area contributed by atoms with E-state index >= 15 is 0 Å². The van der Waals surface area contributed by atoms with Gasteiger partial charge in [-0.2, -0.15) is 0 Å². The van der Waals surface area contributed by atoms with Gasteiger partial charge < -0.3 is 15.4 Å². The van der Waals surface area contributed by atoms with Crippen molar-refractivity contribution in [3.05, 3.63) is 71.8 Å². The van der Waals surface area contributed by atoms with Gasteiger partial charge >= 0.3 is 0 Å². The van der Waals surface area contributed by atoms with Gasteiger partial charge in [-0.3, -0.25) is 9.59 Å². The van der Waals surface area contributed by atoms with E-state index in [-0.39, 0.29) is 24.3 Å².